The van der Waals surface area contributed by atoms with E-state index < -0.39 is 0 Å². The zero-order valence-electron chi connectivity index (χ0n) is 20.2. The van der Waals surface area contributed by atoms with Gasteiger partial charge in [-0.3, -0.25) is 4.90 Å². The van der Waals surface area contributed by atoms with E-state index >= 15 is 0 Å². The highest BCUT2D eigenvalue weighted by Gasteiger charge is 2.16. The molecule has 2 heterocycles. The predicted octanol–water partition coefficient (Wildman–Crippen LogP) is 6.14. The van der Waals surface area contributed by atoms with Gasteiger partial charge in [0.2, 0.25) is 0 Å². The van der Waals surface area contributed by atoms with E-state index in [2.05, 4.69) is 64.9 Å². The van der Waals surface area contributed by atoms with E-state index in [0.717, 1.165) is 60.0 Å². The number of methoxy groups -OCH3 is 1. The Bertz CT molecular complexity index is 1240. The molecule has 0 radical (unpaired) electrons. The minimum Gasteiger partial charge on any atom is -0.496 e. The Labute approximate surface area is 201 Å². The molecule has 0 unspecified atom stereocenters. The topological polar surface area (TPSA) is 39.5 Å². The molecule has 0 atom stereocenters. The second kappa shape index (κ2) is 10.3. The summed E-state index contributed by atoms with van der Waals surface area (Å²) in [5, 5.41) is 0. The lowest BCUT2D eigenvalue weighted by atomic mass is 10.1. The Morgan fingerprint density at radius 3 is 2.47 bits per heavy atom. The number of hydrogen-bond donors (Lipinski definition) is 0. The van der Waals surface area contributed by atoms with Gasteiger partial charge in [0.15, 0.2) is 0 Å². The number of fused-ring (bicyclic) bond motifs is 1. The SMILES string of the molecule is CCCOc1ccc(-c2nc3ccccc3n2Cc2ccc(CN3CCCC3)c(OC)c2)cc1. The van der Waals surface area contributed by atoms with Gasteiger partial charge in [-0.15, -0.1) is 0 Å². The lowest BCUT2D eigenvalue weighted by Crippen LogP contribution is -2.18. The van der Waals surface area contributed by atoms with E-state index in [0.29, 0.717) is 0 Å². The van der Waals surface area contributed by atoms with Crippen molar-refractivity contribution in [2.45, 2.75) is 39.3 Å². The van der Waals surface area contributed by atoms with E-state index in [1.54, 1.807) is 7.11 Å². The van der Waals surface area contributed by atoms with Crippen LogP contribution in [0, 0.1) is 0 Å². The first-order valence-electron chi connectivity index (χ1n) is 12.3. The third-order valence-electron chi connectivity index (χ3n) is 6.52. The summed E-state index contributed by atoms with van der Waals surface area (Å²) in [7, 11) is 1.77. The molecule has 0 spiro atoms. The third kappa shape index (κ3) is 4.80. The molecule has 5 rings (SSSR count). The molecule has 1 saturated heterocycles. The van der Waals surface area contributed by atoms with E-state index in [9.17, 15) is 0 Å². The zero-order chi connectivity index (χ0) is 23.3. The van der Waals surface area contributed by atoms with E-state index in [-0.39, 0.29) is 0 Å². The minimum atomic E-state index is 0.726. The van der Waals surface area contributed by atoms with Gasteiger partial charge in [0, 0.05) is 24.2 Å². The van der Waals surface area contributed by atoms with Crippen molar-refractivity contribution >= 4 is 11.0 Å². The molecule has 0 aliphatic carbocycles. The molecule has 1 fully saturated rings. The largest absolute Gasteiger partial charge is 0.496 e. The molecule has 176 valence electrons. The molecule has 1 aliphatic heterocycles. The second-order valence-electron chi connectivity index (χ2n) is 9.01. The molecular weight excluding hydrogens is 422 g/mol. The van der Waals surface area contributed by atoms with Crippen molar-refractivity contribution in [3.8, 4) is 22.9 Å². The normalized spacial score (nSPS) is 14.1. The second-order valence-corrected chi connectivity index (χ2v) is 9.01. The maximum atomic E-state index is 5.80. The molecular formula is C29H33N3O2. The van der Waals surface area contributed by atoms with Gasteiger partial charge in [-0.05, 0) is 80.4 Å². The van der Waals surface area contributed by atoms with Gasteiger partial charge in [-0.1, -0.05) is 31.2 Å². The maximum Gasteiger partial charge on any atom is 0.141 e. The van der Waals surface area contributed by atoms with Crippen LogP contribution in [0.4, 0.5) is 0 Å². The summed E-state index contributed by atoms with van der Waals surface area (Å²) in [5.74, 6) is 2.82. The Kier molecular flexibility index (Phi) is 6.82. The summed E-state index contributed by atoms with van der Waals surface area (Å²) in [5.41, 5.74) is 5.67. The number of hydrogen-bond acceptors (Lipinski definition) is 4. The molecule has 1 aromatic heterocycles. The monoisotopic (exact) mass is 455 g/mol. The molecule has 0 N–H and O–H groups in total. The van der Waals surface area contributed by atoms with Crippen molar-refractivity contribution in [3.63, 3.8) is 0 Å². The molecule has 1 aliphatic rings. The summed E-state index contributed by atoms with van der Waals surface area (Å²) in [4.78, 5) is 7.49. The third-order valence-corrected chi connectivity index (χ3v) is 6.52. The molecule has 3 aromatic carbocycles. The average molecular weight is 456 g/mol. The van der Waals surface area contributed by atoms with Crippen molar-refractivity contribution < 1.29 is 9.47 Å². The number of nitrogens with zero attached hydrogens (tertiary/aromatic N) is 3. The van der Waals surface area contributed by atoms with E-state index in [1.807, 2.05) is 18.2 Å². The summed E-state index contributed by atoms with van der Waals surface area (Å²) in [6, 6.07) is 23.2. The summed E-state index contributed by atoms with van der Waals surface area (Å²) < 4.78 is 13.9. The van der Waals surface area contributed by atoms with Crippen molar-refractivity contribution in [3.05, 3.63) is 77.9 Å². The minimum absolute atomic E-state index is 0.726. The highest BCUT2D eigenvalue weighted by atomic mass is 16.5. The molecule has 34 heavy (non-hydrogen) atoms. The molecule has 4 aromatic rings. The van der Waals surface area contributed by atoms with Crippen LogP contribution in [0.5, 0.6) is 11.5 Å². The van der Waals surface area contributed by atoms with E-state index in [4.69, 9.17) is 14.5 Å². The molecule has 0 saturated carbocycles. The fourth-order valence-corrected chi connectivity index (χ4v) is 4.76. The maximum absolute atomic E-state index is 5.80. The fourth-order valence-electron chi connectivity index (χ4n) is 4.76. The van der Waals surface area contributed by atoms with Gasteiger partial charge in [-0.25, -0.2) is 4.98 Å². The number of ether oxygens (including phenoxy) is 2. The average Bonchev–Trinajstić information content (AvgIpc) is 3.52. The van der Waals surface area contributed by atoms with Crippen LogP contribution >= 0.6 is 0 Å². The number of imidazole rings is 1. The Hall–Kier alpha value is -3.31. The van der Waals surface area contributed by atoms with Crippen LogP contribution in [0.15, 0.2) is 66.7 Å². The van der Waals surface area contributed by atoms with Gasteiger partial charge in [0.1, 0.15) is 17.3 Å². The van der Waals surface area contributed by atoms with Crippen LogP contribution in [0.25, 0.3) is 22.4 Å². The van der Waals surface area contributed by atoms with Gasteiger partial charge < -0.3 is 14.0 Å². The Balaban J connectivity index is 1.46. The first-order valence-corrected chi connectivity index (χ1v) is 12.3. The summed E-state index contributed by atoms with van der Waals surface area (Å²) in [6.45, 7) is 6.88. The zero-order valence-corrected chi connectivity index (χ0v) is 20.2. The predicted molar refractivity (Wildman–Crippen MR) is 138 cm³/mol. The number of likely N-dealkylation sites (tertiary alicyclic amines) is 1. The van der Waals surface area contributed by atoms with Crippen LogP contribution in [-0.4, -0.2) is 41.3 Å². The molecule has 5 nitrogen and oxygen atoms in total. The highest BCUT2D eigenvalue weighted by molar-refractivity contribution is 5.80. The standard InChI is InChI=1S/C29H33N3O2/c1-3-18-34-25-14-12-23(13-15-25)29-30-26-8-4-5-9-27(26)32(29)20-22-10-11-24(28(19-22)33-2)21-31-16-6-7-17-31/h4-5,8-15,19H,3,6-7,16-18,20-21H2,1-2H3. The number of aromatic nitrogens is 2. The van der Waals surface area contributed by atoms with Crippen molar-refractivity contribution in [1.29, 1.82) is 0 Å². The van der Waals surface area contributed by atoms with Gasteiger partial charge in [0.05, 0.1) is 24.8 Å². The number of para-hydroxylation sites is 2. The van der Waals surface area contributed by atoms with Gasteiger partial charge in [-0.2, -0.15) is 0 Å². The highest BCUT2D eigenvalue weighted by Crippen LogP contribution is 2.29. The van der Waals surface area contributed by atoms with Crippen molar-refractivity contribution in [2.24, 2.45) is 0 Å². The first kappa shape index (κ1) is 22.5. The fraction of sp³-hybridized carbons (Fsp3) is 0.345. The Morgan fingerprint density at radius 1 is 0.912 bits per heavy atom. The lowest BCUT2D eigenvalue weighted by Gasteiger charge is -2.18. The molecule has 5 heteroatoms. The van der Waals surface area contributed by atoms with Gasteiger partial charge >= 0.3 is 0 Å². The molecule has 0 bridgehead atoms. The van der Waals surface area contributed by atoms with Crippen molar-refractivity contribution in [2.75, 3.05) is 26.8 Å². The number of rotatable bonds is 9. The van der Waals surface area contributed by atoms with Crippen LogP contribution in [-0.2, 0) is 13.1 Å². The van der Waals surface area contributed by atoms with E-state index in [1.165, 1.54) is 37.1 Å². The van der Waals surface area contributed by atoms with Crippen molar-refractivity contribution in [1.82, 2.24) is 14.5 Å². The van der Waals surface area contributed by atoms with Crippen LogP contribution in [0.1, 0.15) is 37.3 Å². The summed E-state index contributed by atoms with van der Waals surface area (Å²) in [6.07, 6.45) is 3.59. The Morgan fingerprint density at radius 2 is 1.71 bits per heavy atom. The smallest absolute Gasteiger partial charge is 0.141 e. The quantitative estimate of drug-likeness (QED) is 0.304. The lowest BCUT2D eigenvalue weighted by molar-refractivity contribution is 0.317. The molecule has 0 amide bonds. The number of benzene rings is 3. The van der Waals surface area contributed by atoms with Crippen LogP contribution in [0.3, 0.4) is 0 Å². The summed E-state index contributed by atoms with van der Waals surface area (Å²) >= 11 is 0. The van der Waals surface area contributed by atoms with Gasteiger partial charge in [0.25, 0.3) is 0 Å². The van der Waals surface area contributed by atoms with Crippen LogP contribution < -0.4 is 9.47 Å². The van der Waals surface area contributed by atoms with Crippen LogP contribution in [0.2, 0.25) is 0 Å². The first-order chi connectivity index (χ1) is 16.7.